The van der Waals surface area contributed by atoms with Crippen molar-refractivity contribution in [2.45, 2.75) is 31.9 Å². The molecule has 2 saturated heterocycles. The Hall–Kier alpha value is -0.570. The van der Waals surface area contributed by atoms with Gasteiger partial charge in [-0.1, -0.05) is 6.92 Å². The summed E-state index contributed by atoms with van der Waals surface area (Å²) in [5.41, 5.74) is 0. The van der Waals surface area contributed by atoms with Crippen molar-refractivity contribution in [2.24, 2.45) is 5.92 Å². The van der Waals surface area contributed by atoms with E-state index >= 15 is 0 Å². The fourth-order valence-electron chi connectivity index (χ4n) is 2.50. The number of nitrogens with zero attached hydrogens (tertiary/aromatic N) is 1. The average molecular weight is 169 g/mol. The van der Waals surface area contributed by atoms with Crippen LogP contribution in [-0.2, 0) is 9.53 Å². The van der Waals surface area contributed by atoms with Crippen molar-refractivity contribution in [1.82, 2.24) is 4.90 Å². The van der Waals surface area contributed by atoms with E-state index in [1.807, 2.05) is 11.8 Å². The van der Waals surface area contributed by atoms with Crippen molar-refractivity contribution in [3.8, 4) is 0 Å². The van der Waals surface area contributed by atoms with E-state index in [9.17, 15) is 4.79 Å². The average Bonchev–Trinajstić information content (AvgIpc) is 2.59. The zero-order valence-corrected chi connectivity index (χ0v) is 7.62. The lowest BCUT2D eigenvalue weighted by Crippen LogP contribution is -2.31. The lowest BCUT2D eigenvalue weighted by molar-refractivity contribution is -0.131. The number of carbonyl (C=O) groups excluding carboxylic acids is 1. The smallest absolute Gasteiger partial charge is 0.228 e. The van der Waals surface area contributed by atoms with Crippen molar-refractivity contribution in [3.63, 3.8) is 0 Å². The van der Waals surface area contributed by atoms with Gasteiger partial charge in [-0.2, -0.15) is 0 Å². The van der Waals surface area contributed by atoms with Gasteiger partial charge in [0, 0.05) is 13.7 Å². The molecule has 2 rings (SSSR count). The van der Waals surface area contributed by atoms with E-state index in [1.54, 1.807) is 7.11 Å². The maximum absolute atomic E-state index is 11.6. The molecule has 0 N–H and O–H groups in total. The van der Waals surface area contributed by atoms with Crippen LogP contribution in [-0.4, -0.2) is 36.6 Å². The van der Waals surface area contributed by atoms with Crippen LogP contribution in [0.2, 0.25) is 0 Å². The monoisotopic (exact) mass is 169 g/mol. The van der Waals surface area contributed by atoms with Gasteiger partial charge in [0.2, 0.25) is 5.91 Å². The molecule has 0 aromatic heterocycles. The summed E-state index contributed by atoms with van der Waals surface area (Å²) in [7, 11) is 1.70. The van der Waals surface area contributed by atoms with Crippen LogP contribution in [0.5, 0.6) is 0 Å². The summed E-state index contributed by atoms with van der Waals surface area (Å²) in [6, 6.07) is 0.373. The quantitative estimate of drug-likeness (QED) is 0.576. The molecule has 0 aromatic carbocycles. The summed E-state index contributed by atoms with van der Waals surface area (Å²) < 4.78 is 5.35. The molecule has 3 nitrogen and oxygen atoms in total. The molecular formula is C9H15NO2. The molecule has 0 aromatic rings. The van der Waals surface area contributed by atoms with Crippen molar-refractivity contribution >= 4 is 5.91 Å². The van der Waals surface area contributed by atoms with Crippen LogP contribution in [0.3, 0.4) is 0 Å². The van der Waals surface area contributed by atoms with E-state index in [1.165, 1.54) is 0 Å². The minimum atomic E-state index is 0.0697. The Bertz CT molecular complexity index is 205. The minimum absolute atomic E-state index is 0.0697. The van der Waals surface area contributed by atoms with Crippen molar-refractivity contribution < 1.29 is 9.53 Å². The number of methoxy groups -OCH3 is 1. The first-order chi connectivity index (χ1) is 5.75. The highest BCUT2D eigenvalue weighted by atomic mass is 16.5. The first-order valence-electron chi connectivity index (χ1n) is 4.59. The van der Waals surface area contributed by atoms with Crippen LogP contribution in [0.4, 0.5) is 0 Å². The van der Waals surface area contributed by atoms with Gasteiger partial charge in [-0.05, 0) is 12.8 Å². The van der Waals surface area contributed by atoms with Gasteiger partial charge in [-0.15, -0.1) is 0 Å². The van der Waals surface area contributed by atoms with E-state index in [2.05, 4.69) is 0 Å². The van der Waals surface area contributed by atoms with Crippen molar-refractivity contribution in [1.29, 1.82) is 0 Å². The van der Waals surface area contributed by atoms with Gasteiger partial charge in [0.05, 0.1) is 18.1 Å². The molecule has 0 bridgehead atoms. The molecule has 0 aliphatic carbocycles. The first kappa shape index (κ1) is 8.05. The van der Waals surface area contributed by atoms with Gasteiger partial charge >= 0.3 is 0 Å². The fourth-order valence-corrected chi connectivity index (χ4v) is 2.50. The summed E-state index contributed by atoms with van der Waals surface area (Å²) >= 11 is 0. The van der Waals surface area contributed by atoms with E-state index in [0.717, 1.165) is 19.4 Å². The summed E-state index contributed by atoms with van der Waals surface area (Å²) in [5, 5.41) is 0. The van der Waals surface area contributed by atoms with Crippen LogP contribution in [0.1, 0.15) is 19.8 Å². The Kier molecular flexibility index (Phi) is 1.83. The number of rotatable bonds is 1. The molecule has 2 fully saturated rings. The molecule has 1 amide bonds. The molecule has 0 saturated carbocycles. The van der Waals surface area contributed by atoms with Gasteiger partial charge in [0.25, 0.3) is 0 Å². The number of fused-ring (bicyclic) bond motifs is 1. The Morgan fingerprint density at radius 2 is 2.33 bits per heavy atom. The molecule has 3 heteroatoms. The molecular weight excluding hydrogens is 154 g/mol. The van der Waals surface area contributed by atoms with Crippen LogP contribution in [0, 0.1) is 5.92 Å². The SMILES string of the molecule is CO[C@H]1[C@H](C)C(=O)N2CCC[C@@H]12. The van der Waals surface area contributed by atoms with Gasteiger partial charge in [0.1, 0.15) is 0 Å². The third-order valence-electron chi connectivity index (χ3n) is 3.12. The van der Waals surface area contributed by atoms with Gasteiger partial charge in [0.15, 0.2) is 0 Å². The molecule has 2 aliphatic rings. The lowest BCUT2D eigenvalue weighted by Gasteiger charge is -2.18. The number of carbonyl (C=O) groups is 1. The molecule has 12 heavy (non-hydrogen) atoms. The van der Waals surface area contributed by atoms with Gasteiger partial charge in [-0.25, -0.2) is 0 Å². The number of ether oxygens (including phenoxy) is 1. The maximum atomic E-state index is 11.6. The highest BCUT2D eigenvalue weighted by Crippen LogP contribution is 2.34. The largest absolute Gasteiger partial charge is 0.378 e. The predicted octanol–water partition coefficient (Wildman–Crippen LogP) is 0.642. The van der Waals surface area contributed by atoms with Crippen LogP contribution in [0.15, 0.2) is 0 Å². The Labute approximate surface area is 72.7 Å². The summed E-state index contributed by atoms with van der Waals surface area (Å²) in [4.78, 5) is 13.6. The van der Waals surface area contributed by atoms with Gasteiger partial charge < -0.3 is 9.64 Å². The molecule has 0 radical (unpaired) electrons. The maximum Gasteiger partial charge on any atom is 0.228 e. The minimum Gasteiger partial charge on any atom is -0.378 e. The Balaban J connectivity index is 2.21. The topological polar surface area (TPSA) is 29.5 Å². The number of hydrogen-bond donors (Lipinski definition) is 0. The molecule has 2 aliphatic heterocycles. The van der Waals surface area contributed by atoms with Crippen molar-refractivity contribution in [2.75, 3.05) is 13.7 Å². The van der Waals surface area contributed by atoms with Crippen LogP contribution < -0.4 is 0 Å². The summed E-state index contributed by atoms with van der Waals surface area (Å²) in [6.07, 6.45) is 2.40. The lowest BCUT2D eigenvalue weighted by atomic mass is 10.0. The second-order valence-electron chi connectivity index (χ2n) is 3.73. The third kappa shape index (κ3) is 0.891. The first-order valence-corrected chi connectivity index (χ1v) is 4.59. The Morgan fingerprint density at radius 1 is 1.58 bits per heavy atom. The number of hydrogen-bond acceptors (Lipinski definition) is 2. The second-order valence-corrected chi connectivity index (χ2v) is 3.73. The highest BCUT2D eigenvalue weighted by molar-refractivity contribution is 5.82. The molecule has 0 spiro atoms. The van der Waals surface area contributed by atoms with E-state index in [-0.39, 0.29) is 17.9 Å². The van der Waals surface area contributed by atoms with E-state index in [0.29, 0.717) is 6.04 Å². The van der Waals surface area contributed by atoms with Crippen LogP contribution >= 0.6 is 0 Å². The third-order valence-corrected chi connectivity index (χ3v) is 3.12. The van der Waals surface area contributed by atoms with E-state index in [4.69, 9.17) is 4.74 Å². The van der Waals surface area contributed by atoms with Crippen LogP contribution in [0.25, 0.3) is 0 Å². The Morgan fingerprint density at radius 3 is 3.00 bits per heavy atom. The standard InChI is InChI=1S/C9H15NO2/c1-6-8(12-2)7-4-3-5-10(7)9(6)11/h6-8H,3-5H2,1-2H3/t6-,7-,8-/m0/s1. The normalized spacial score (nSPS) is 40.7. The zero-order chi connectivity index (χ0) is 8.72. The second kappa shape index (κ2) is 2.73. The molecule has 0 unspecified atom stereocenters. The summed E-state index contributed by atoms with van der Waals surface area (Å²) in [5.74, 6) is 0.352. The molecule has 3 atom stereocenters. The van der Waals surface area contributed by atoms with Gasteiger partial charge in [-0.3, -0.25) is 4.79 Å². The highest BCUT2D eigenvalue weighted by Gasteiger charge is 2.47. The summed E-state index contributed by atoms with van der Waals surface area (Å²) in [6.45, 7) is 2.91. The van der Waals surface area contributed by atoms with Crippen molar-refractivity contribution in [3.05, 3.63) is 0 Å². The molecule has 2 heterocycles. The zero-order valence-electron chi connectivity index (χ0n) is 7.62. The molecule has 68 valence electrons. The predicted molar refractivity (Wildman–Crippen MR) is 44.7 cm³/mol. The fraction of sp³-hybridized carbons (Fsp3) is 0.889. The van der Waals surface area contributed by atoms with E-state index < -0.39 is 0 Å². The number of amides is 1.